The van der Waals surface area contributed by atoms with Gasteiger partial charge in [-0.2, -0.15) is 0 Å². The summed E-state index contributed by atoms with van der Waals surface area (Å²) >= 11 is 0. The highest BCUT2D eigenvalue weighted by Gasteiger charge is 2.21. The van der Waals surface area contributed by atoms with Crippen molar-refractivity contribution < 1.29 is 8.83 Å². The zero-order chi connectivity index (χ0) is 37.9. The van der Waals surface area contributed by atoms with E-state index in [-0.39, 0.29) is 0 Å². The molecule has 0 amide bonds. The van der Waals surface area contributed by atoms with Crippen LogP contribution in [0.15, 0.2) is 203 Å². The van der Waals surface area contributed by atoms with Gasteiger partial charge in [0, 0.05) is 26.9 Å². The lowest BCUT2D eigenvalue weighted by molar-refractivity contribution is 0.668. The minimum Gasteiger partial charge on any atom is -0.456 e. The monoisotopic (exact) mass is 736 g/mol. The van der Waals surface area contributed by atoms with Gasteiger partial charge in [-0.05, 0) is 112 Å². The second kappa shape index (κ2) is 11.9. The Hall–Kier alpha value is -7.68. The smallest absolute Gasteiger partial charge is 0.144 e. The third-order valence-corrected chi connectivity index (χ3v) is 12.5. The van der Waals surface area contributed by atoms with Crippen LogP contribution in [-0.2, 0) is 0 Å². The number of para-hydroxylation sites is 1. The van der Waals surface area contributed by atoms with E-state index in [1.54, 1.807) is 0 Å². The Kier molecular flexibility index (Phi) is 6.47. The van der Waals surface area contributed by atoms with Crippen molar-refractivity contribution in [2.24, 2.45) is 0 Å². The van der Waals surface area contributed by atoms with Crippen molar-refractivity contribution in [3.05, 3.63) is 194 Å². The van der Waals surface area contributed by atoms with Crippen LogP contribution in [0.3, 0.4) is 0 Å². The van der Waals surface area contributed by atoms with E-state index in [4.69, 9.17) is 8.83 Å². The van der Waals surface area contributed by atoms with Crippen LogP contribution < -0.4 is 0 Å². The summed E-state index contributed by atoms with van der Waals surface area (Å²) in [5.74, 6) is 0. The maximum absolute atomic E-state index is 6.75. The van der Waals surface area contributed by atoms with E-state index in [9.17, 15) is 0 Å². The topological polar surface area (TPSA) is 26.3 Å². The van der Waals surface area contributed by atoms with Crippen LogP contribution in [0.5, 0.6) is 0 Å². The second-order valence-electron chi connectivity index (χ2n) is 15.5. The molecule has 0 saturated heterocycles. The molecule has 2 heteroatoms. The van der Waals surface area contributed by atoms with E-state index in [0.29, 0.717) is 0 Å². The lowest BCUT2D eigenvalue weighted by Crippen LogP contribution is -1.93. The molecular weight excluding hydrogens is 705 g/mol. The molecule has 0 atom stereocenters. The van der Waals surface area contributed by atoms with Gasteiger partial charge in [-0.3, -0.25) is 0 Å². The molecule has 0 aliphatic heterocycles. The third kappa shape index (κ3) is 4.37. The van der Waals surface area contributed by atoms with Crippen molar-refractivity contribution in [2.75, 3.05) is 0 Å². The van der Waals surface area contributed by atoms with Gasteiger partial charge in [-0.15, -0.1) is 0 Å². The van der Waals surface area contributed by atoms with Crippen LogP contribution in [0.2, 0.25) is 0 Å². The van der Waals surface area contributed by atoms with Gasteiger partial charge in [0.2, 0.25) is 0 Å². The number of fused-ring (bicyclic) bond motifs is 13. The van der Waals surface area contributed by atoms with Gasteiger partial charge < -0.3 is 8.83 Å². The first kappa shape index (κ1) is 31.5. The quantitative estimate of drug-likeness (QED) is 0.169. The van der Waals surface area contributed by atoms with Gasteiger partial charge in [0.05, 0.1) is 0 Å². The zero-order valence-corrected chi connectivity index (χ0v) is 31.3. The highest BCUT2D eigenvalue weighted by Crippen LogP contribution is 2.48. The van der Waals surface area contributed by atoms with Gasteiger partial charge in [-0.1, -0.05) is 164 Å². The minimum atomic E-state index is 0.873. The molecule has 0 spiro atoms. The van der Waals surface area contributed by atoms with E-state index >= 15 is 0 Å². The maximum Gasteiger partial charge on any atom is 0.144 e. The van der Waals surface area contributed by atoms with Gasteiger partial charge in [0.25, 0.3) is 0 Å². The molecule has 2 nitrogen and oxygen atoms in total. The van der Waals surface area contributed by atoms with E-state index < -0.39 is 0 Å². The Morgan fingerprint density at radius 1 is 0.259 bits per heavy atom. The highest BCUT2D eigenvalue weighted by atomic mass is 16.3. The van der Waals surface area contributed by atoms with Crippen molar-refractivity contribution in [3.63, 3.8) is 0 Å². The first-order chi connectivity index (χ1) is 28.8. The molecule has 0 bridgehead atoms. The molecule has 2 heterocycles. The Balaban J connectivity index is 1.04. The molecule has 0 unspecified atom stereocenters. The van der Waals surface area contributed by atoms with E-state index in [1.165, 1.54) is 70.9 Å². The molecule has 0 fully saturated rings. The summed E-state index contributed by atoms with van der Waals surface area (Å²) in [5, 5.41) is 16.6. The standard InChI is InChI=1S/C56H32O2/c1-2-14-36-33(12-1)13-11-22-40(36)53-41-17-5-7-19-43(41)54(44-20-8-6-18-42(44)53)45-29-28-37(38-15-3-4-16-39(38)45)35-26-30-50-48(32-35)46-27-24-34-25-31-51-55(52(34)56(46)58-50)47-21-9-10-23-49(47)57-51/h1-32H. The summed E-state index contributed by atoms with van der Waals surface area (Å²) in [7, 11) is 0. The average Bonchev–Trinajstić information content (AvgIpc) is 3.86. The van der Waals surface area contributed by atoms with Gasteiger partial charge >= 0.3 is 0 Å². The fraction of sp³-hybridized carbons (Fsp3) is 0. The molecule has 13 rings (SSSR count). The highest BCUT2D eigenvalue weighted by molar-refractivity contribution is 6.29. The lowest BCUT2D eigenvalue weighted by atomic mass is 9.83. The Labute approximate surface area is 332 Å². The Bertz CT molecular complexity index is 3800. The summed E-state index contributed by atoms with van der Waals surface area (Å²) < 4.78 is 13.0. The third-order valence-electron chi connectivity index (χ3n) is 12.5. The number of hydrogen-bond acceptors (Lipinski definition) is 2. The molecule has 0 aliphatic rings. The molecule has 0 saturated carbocycles. The van der Waals surface area contributed by atoms with Crippen LogP contribution in [0.1, 0.15) is 0 Å². The van der Waals surface area contributed by atoms with Crippen molar-refractivity contribution in [1.82, 2.24) is 0 Å². The molecule has 0 N–H and O–H groups in total. The summed E-state index contributed by atoms with van der Waals surface area (Å²) in [6.45, 7) is 0. The number of hydrogen-bond donors (Lipinski definition) is 0. The molecule has 0 radical (unpaired) electrons. The Morgan fingerprint density at radius 3 is 1.53 bits per heavy atom. The molecule has 268 valence electrons. The van der Waals surface area contributed by atoms with Crippen molar-refractivity contribution in [1.29, 1.82) is 0 Å². The molecule has 13 aromatic rings. The van der Waals surface area contributed by atoms with Crippen LogP contribution >= 0.6 is 0 Å². The maximum atomic E-state index is 6.75. The predicted octanol–water partition coefficient (Wildman–Crippen LogP) is 16.3. The predicted molar refractivity (Wildman–Crippen MR) is 245 cm³/mol. The van der Waals surface area contributed by atoms with Crippen molar-refractivity contribution in [3.8, 4) is 33.4 Å². The number of benzene rings is 11. The van der Waals surface area contributed by atoms with E-state index in [2.05, 4.69) is 182 Å². The fourth-order valence-electron chi connectivity index (χ4n) is 9.95. The minimum absolute atomic E-state index is 0.873. The van der Waals surface area contributed by atoms with Crippen LogP contribution in [0.4, 0.5) is 0 Å². The van der Waals surface area contributed by atoms with Crippen molar-refractivity contribution >= 4 is 97.7 Å². The number of furan rings is 2. The van der Waals surface area contributed by atoms with Crippen molar-refractivity contribution in [2.45, 2.75) is 0 Å². The van der Waals surface area contributed by atoms with Crippen LogP contribution in [0, 0.1) is 0 Å². The van der Waals surface area contributed by atoms with Gasteiger partial charge in [0.1, 0.15) is 22.3 Å². The molecule has 2 aromatic heterocycles. The Morgan fingerprint density at radius 2 is 0.793 bits per heavy atom. The average molecular weight is 737 g/mol. The second-order valence-corrected chi connectivity index (χ2v) is 15.5. The SMILES string of the molecule is c1ccc2c(-c3c4ccccc4c(-c4ccc(-c5ccc6oc7c(ccc8ccc9oc%10ccccc%10c9c87)c6c5)c5ccccc45)c4ccccc34)cccc2c1. The summed E-state index contributed by atoms with van der Waals surface area (Å²) in [6, 6.07) is 70.4. The lowest BCUT2D eigenvalue weighted by Gasteiger charge is -2.20. The zero-order valence-electron chi connectivity index (χ0n) is 31.3. The summed E-state index contributed by atoms with van der Waals surface area (Å²) in [4.78, 5) is 0. The molecular formula is C56H32O2. The summed E-state index contributed by atoms with van der Waals surface area (Å²) in [6.07, 6.45) is 0. The summed E-state index contributed by atoms with van der Waals surface area (Å²) in [5.41, 5.74) is 10.9. The van der Waals surface area contributed by atoms with Crippen LogP contribution in [0.25, 0.3) is 131 Å². The molecule has 11 aromatic carbocycles. The number of rotatable bonds is 3. The normalized spacial score (nSPS) is 12.1. The van der Waals surface area contributed by atoms with Crippen LogP contribution in [-0.4, -0.2) is 0 Å². The first-order valence-electron chi connectivity index (χ1n) is 19.9. The molecule has 58 heavy (non-hydrogen) atoms. The van der Waals surface area contributed by atoms with Gasteiger partial charge in [0.15, 0.2) is 0 Å². The van der Waals surface area contributed by atoms with E-state index in [1.807, 2.05) is 12.1 Å². The van der Waals surface area contributed by atoms with E-state index in [0.717, 1.165) is 60.2 Å². The fourth-order valence-corrected chi connectivity index (χ4v) is 9.95. The van der Waals surface area contributed by atoms with Gasteiger partial charge in [-0.25, -0.2) is 0 Å². The molecule has 0 aliphatic carbocycles. The first-order valence-corrected chi connectivity index (χ1v) is 19.9. The largest absolute Gasteiger partial charge is 0.456 e.